The smallest absolute Gasteiger partial charge is 0.220 e. The third-order valence-corrected chi connectivity index (χ3v) is 1.13. The predicted molar refractivity (Wildman–Crippen MR) is 33.8 cm³/mol. The normalized spacial score (nSPS) is 13.0. The lowest BCUT2D eigenvalue weighted by atomic mass is 10.4. The largest absolute Gasteiger partial charge is 0.289 e. The molecule has 4 nitrogen and oxygen atoms in total. The standard InChI is InChI=1S/C4H4N3OS/c8-1-3(9)4-5-2-6-7-4/h2-3,9H,(H,5,6,7). The molecule has 1 rings (SSSR count). The summed E-state index contributed by atoms with van der Waals surface area (Å²) in [6.45, 7) is 0. The lowest BCUT2D eigenvalue weighted by molar-refractivity contribution is 0.553. The molecule has 0 aliphatic rings. The molecule has 5 heteroatoms. The van der Waals surface area contributed by atoms with Gasteiger partial charge in [-0.25, -0.2) is 4.98 Å². The van der Waals surface area contributed by atoms with Gasteiger partial charge in [0.2, 0.25) is 6.29 Å². The van der Waals surface area contributed by atoms with E-state index in [2.05, 4.69) is 27.8 Å². The van der Waals surface area contributed by atoms with Gasteiger partial charge in [0, 0.05) is 0 Å². The molecule has 0 saturated heterocycles. The van der Waals surface area contributed by atoms with Crippen molar-refractivity contribution in [1.82, 2.24) is 15.2 Å². The second kappa shape index (κ2) is 2.63. The van der Waals surface area contributed by atoms with Crippen LogP contribution < -0.4 is 0 Å². The van der Waals surface area contributed by atoms with Gasteiger partial charge in [-0.1, -0.05) is 0 Å². The van der Waals surface area contributed by atoms with Crippen molar-refractivity contribution in [3.05, 3.63) is 12.2 Å². The summed E-state index contributed by atoms with van der Waals surface area (Å²) in [6.07, 6.45) is 3.02. The monoisotopic (exact) mass is 142 g/mol. The van der Waals surface area contributed by atoms with E-state index < -0.39 is 5.25 Å². The Morgan fingerprint density at radius 1 is 1.89 bits per heavy atom. The van der Waals surface area contributed by atoms with Crippen molar-refractivity contribution in [2.75, 3.05) is 0 Å². The third-order valence-electron chi connectivity index (χ3n) is 0.790. The third kappa shape index (κ3) is 1.29. The highest BCUT2D eigenvalue weighted by molar-refractivity contribution is 7.81. The zero-order valence-corrected chi connectivity index (χ0v) is 5.30. The molecule has 9 heavy (non-hydrogen) atoms. The SMILES string of the molecule is O=[C]C(S)c1nc[nH]n1. The van der Waals surface area contributed by atoms with Crippen molar-refractivity contribution >= 4 is 18.9 Å². The first-order valence-electron chi connectivity index (χ1n) is 2.26. The Bertz CT molecular complexity index is 186. The van der Waals surface area contributed by atoms with Crippen LogP contribution in [0.2, 0.25) is 0 Å². The Kier molecular flexibility index (Phi) is 1.84. The van der Waals surface area contributed by atoms with Gasteiger partial charge in [-0.05, 0) is 0 Å². The number of hydrogen-bond acceptors (Lipinski definition) is 4. The summed E-state index contributed by atoms with van der Waals surface area (Å²) in [7, 11) is 0. The number of carbonyl (C=O) groups excluding carboxylic acids is 1. The Morgan fingerprint density at radius 2 is 2.67 bits per heavy atom. The summed E-state index contributed by atoms with van der Waals surface area (Å²) in [5, 5.41) is 5.44. The van der Waals surface area contributed by atoms with Crippen molar-refractivity contribution in [3.63, 3.8) is 0 Å². The molecule has 0 bridgehead atoms. The maximum absolute atomic E-state index is 9.91. The van der Waals surface area contributed by atoms with Crippen LogP contribution in [0.25, 0.3) is 0 Å². The predicted octanol–water partition coefficient (Wildman–Crippen LogP) is -0.115. The van der Waals surface area contributed by atoms with Gasteiger partial charge < -0.3 is 0 Å². The average Bonchev–Trinajstić information content (AvgIpc) is 2.37. The number of aromatic nitrogens is 3. The van der Waals surface area contributed by atoms with Crippen LogP contribution >= 0.6 is 12.6 Å². The van der Waals surface area contributed by atoms with Crippen LogP contribution in [0, 0.1) is 0 Å². The molecule has 1 unspecified atom stereocenters. The summed E-state index contributed by atoms with van der Waals surface area (Å²) < 4.78 is 0. The minimum Gasteiger partial charge on any atom is -0.289 e. The Labute approximate surface area is 57.1 Å². The van der Waals surface area contributed by atoms with Crippen molar-refractivity contribution in [2.24, 2.45) is 0 Å². The van der Waals surface area contributed by atoms with Crippen LogP contribution in [0.4, 0.5) is 0 Å². The van der Waals surface area contributed by atoms with Crippen molar-refractivity contribution in [3.8, 4) is 0 Å². The van der Waals surface area contributed by atoms with E-state index in [0.717, 1.165) is 0 Å². The summed E-state index contributed by atoms with van der Waals surface area (Å²) in [6, 6.07) is 0. The van der Waals surface area contributed by atoms with Gasteiger partial charge in [-0.3, -0.25) is 9.89 Å². The van der Waals surface area contributed by atoms with E-state index in [0.29, 0.717) is 5.82 Å². The van der Waals surface area contributed by atoms with Gasteiger partial charge in [-0.15, -0.1) is 0 Å². The van der Waals surface area contributed by atoms with Gasteiger partial charge in [0.25, 0.3) is 0 Å². The molecule has 0 aromatic carbocycles. The average molecular weight is 142 g/mol. The van der Waals surface area contributed by atoms with E-state index in [1.807, 2.05) is 0 Å². The number of aromatic amines is 1. The number of nitrogens with zero attached hydrogens (tertiary/aromatic N) is 2. The van der Waals surface area contributed by atoms with E-state index in [4.69, 9.17) is 0 Å². The lowest BCUT2D eigenvalue weighted by Gasteiger charge is -1.89. The number of thiol groups is 1. The van der Waals surface area contributed by atoms with Crippen LogP contribution in [0.5, 0.6) is 0 Å². The fraction of sp³-hybridized carbons (Fsp3) is 0.250. The minimum atomic E-state index is -0.628. The van der Waals surface area contributed by atoms with Crippen LogP contribution in [0.15, 0.2) is 6.33 Å². The van der Waals surface area contributed by atoms with Crippen LogP contribution in [0.3, 0.4) is 0 Å². The van der Waals surface area contributed by atoms with E-state index in [1.165, 1.54) is 6.33 Å². The number of nitrogens with one attached hydrogen (secondary N) is 1. The molecular weight excluding hydrogens is 138 g/mol. The summed E-state index contributed by atoms with van der Waals surface area (Å²) in [5.41, 5.74) is 0. The molecule has 0 fully saturated rings. The number of rotatable bonds is 2. The highest BCUT2D eigenvalue weighted by atomic mass is 32.1. The van der Waals surface area contributed by atoms with Gasteiger partial charge in [0.05, 0.1) is 0 Å². The van der Waals surface area contributed by atoms with Crippen molar-refractivity contribution in [1.29, 1.82) is 0 Å². The first kappa shape index (κ1) is 6.28. The minimum absolute atomic E-state index is 0.355. The Morgan fingerprint density at radius 3 is 3.11 bits per heavy atom. The molecule has 0 aliphatic carbocycles. The maximum Gasteiger partial charge on any atom is 0.220 e. The molecule has 1 N–H and O–H groups in total. The van der Waals surface area contributed by atoms with E-state index in [9.17, 15) is 4.79 Å². The topological polar surface area (TPSA) is 58.6 Å². The maximum atomic E-state index is 9.91. The molecule has 1 atom stereocenters. The molecule has 0 aliphatic heterocycles. The fourth-order valence-electron chi connectivity index (χ4n) is 0.403. The van der Waals surface area contributed by atoms with Gasteiger partial charge in [0.15, 0.2) is 5.82 Å². The van der Waals surface area contributed by atoms with Crippen LogP contribution in [-0.4, -0.2) is 21.5 Å². The quantitative estimate of drug-likeness (QED) is 0.566. The first-order chi connectivity index (χ1) is 4.34. The summed E-state index contributed by atoms with van der Waals surface area (Å²) in [4.78, 5) is 13.6. The van der Waals surface area contributed by atoms with E-state index in [-0.39, 0.29) is 0 Å². The van der Waals surface area contributed by atoms with E-state index in [1.54, 1.807) is 6.29 Å². The van der Waals surface area contributed by atoms with Gasteiger partial charge >= 0.3 is 0 Å². The second-order valence-electron chi connectivity index (χ2n) is 1.38. The zero-order chi connectivity index (χ0) is 6.69. The molecule has 1 radical (unpaired) electrons. The van der Waals surface area contributed by atoms with Gasteiger partial charge in [0.1, 0.15) is 11.6 Å². The lowest BCUT2D eigenvalue weighted by Crippen LogP contribution is -1.93. The van der Waals surface area contributed by atoms with Crippen molar-refractivity contribution in [2.45, 2.75) is 5.25 Å². The fourth-order valence-corrected chi connectivity index (χ4v) is 0.528. The second-order valence-corrected chi connectivity index (χ2v) is 1.89. The number of H-pyrrole nitrogens is 1. The molecule has 0 spiro atoms. The zero-order valence-electron chi connectivity index (χ0n) is 4.40. The molecule has 1 heterocycles. The Hall–Kier alpha value is -0.840. The highest BCUT2D eigenvalue weighted by Gasteiger charge is 2.07. The first-order valence-corrected chi connectivity index (χ1v) is 2.77. The highest BCUT2D eigenvalue weighted by Crippen LogP contribution is 2.09. The molecule has 0 saturated carbocycles. The summed E-state index contributed by atoms with van der Waals surface area (Å²) in [5.74, 6) is 0.355. The molecule has 1 aromatic rings. The van der Waals surface area contributed by atoms with Crippen molar-refractivity contribution < 1.29 is 4.79 Å². The summed E-state index contributed by atoms with van der Waals surface area (Å²) >= 11 is 3.82. The van der Waals surface area contributed by atoms with E-state index >= 15 is 0 Å². The molecular formula is C4H4N3OS. The van der Waals surface area contributed by atoms with Crippen LogP contribution in [0.1, 0.15) is 11.1 Å². The Balaban J connectivity index is 2.76. The molecule has 47 valence electrons. The number of hydrogen-bond donors (Lipinski definition) is 2. The van der Waals surface area contributed by atoms with Gasteiger partial charge in [-0.2, -0.15) is 17.7 Å². The molecule has 1 aromatic heterocycles. The molecule has 0 amide bonds. The van der Waals surface area contributed by atoms with Crippen LogP contribution in [-0.2, 0) is 4.79 Å².